The molecule has 1 heterocycles. The topological polar surface area (TPSA) is 78.4 Å². The lowest BCUT2D eigenvalue weighted by atomic mass is 9.99. The number of carbonyl (C=O) groups excluding carboxylic acids is 1. The average molecular weight is 370 g/mol. The van der Waals surface area contributed by atoms with Crippen LogP contribution in [0.15, 0.2) is 53.5 Å². The molecule has 27 heavy (non-hydrogen) atoms. The summed E-state index contributed by atoms with van der Waals surface area (Å²) in [6, 6.07) is 14.6. The van der Waals surface area contributed by atoms with E-state index in [1.54, 1.807) is 33.3 Å². The van der Waals surface area contributed by atoms with Crippen LogP contribution in [0.1, 0.15) is 24.5 Å². The molecule has 0 aromatic heterocycles. The number of carbonyl (C=O) groups is 1. The molecular weight excluding hydrogens is 348 g/mol. The van der Waals surface area contributed by atoms with Gasteiger partial charge in [0.05, 0.1) is 20.8 Å². The van der Waals surface area contributed by atoms with Gasteiger partial charge in [0.15, 0.2) is 5.84 Å². The standard InChI is InChI=1S/C20H22N2O5/c1-4-26-18(23)13-20(15-7-11-17(25-3)12-8-15)21-19(22-27-20)14-5-9-16(24-2)10-6-14/h5-12H,4,13H2,1-3H3,(H,21,22). The number of methoxy groups -OCH3 is 2. The van der Waals surface area contributed by atoms with Crippen LogP contribution in [0.5, 0.6) is 11.5 Å². The van der Waals surface area contributed by atoms with Crippen molar-refractivity contribution in [1.82, 2.24) is 5.48 Å². The van der Waals surface area contributed by atoms with Gasteiger partial charge in [-0.25, -0.2) is 15.3 Å². The second-order valence-electron chi connectivity index (χ2n) is 5.89. The highest BCUT2D eigenvalue weighted by Gasteiger charge is 2.42. The number of hydroxylamine groups is 1. The fraction of sp³-hybridized carbons (Fsp3) is 0.300. The molecule has 1 N–H and O–H groups in total. The number of aliphatic imine (C=N–C) groups is 1. The molecule has 0 aliphatic carbocycles. The summed E-state index contributed by atoms with van der Waals surface area (Å²) < 4.78 is 15.5. The zero-order valence-corrected chi connectivity index (χ0v) is 15.5. The number of amidine groups is 1. The Labute approximate surface area is 157 Å². The maximum atomic E-state index is 12.2. The minimum absolute atomic E-state index is 0.0557. The fourth-order valence-corrected chi connectivity index (χ4v) is 2.79. The molecule has 0 radical (unpaired) electrons. The van der Waals surface area contributed by atoms with Crippen molar-refractivity contribution in [3.8, 4) is 11.5 Å². The summed E-state index contributed by atoms with van der Waals surface area (Å²) in [6.45, 7) is 2.05. The van der Waals surface area contributed by atoms with E-state index in [9.17, 15) is 4.79 Å². The summed E-state index contributed by atoms with van der Waals surface area (Å²) in [5.41, 5.74) is 3.16. The maximum absolute atomic E-state index is 12.2. The van der Waals surface area contributed by atoms with Crippen molar-refractivity contribution in [2.75, 3.05) is 20.8 Å². The molecule has 1 atom stereocenters. The molecule has 2 aromatic carbocycles. The molecule has 3 rings (SSSR count). The van der Waals surface area contributed by atoms with Crippen molar-refractivity contribution in [3.63, 3.8) is 0 Å². The van der Waals surface area contributed by atoms with Crippen LogP contribution in [0.4, 0.5) is 0 Å². The number of ether oxygens (including phenoxy) is 3. The highest BCUT2D eigenvalue weighted by Crippen LogP contribution is 2.36. The predicted molar refractivity (Wildman–Crippen MR) is 99.7 cm³/mol. The highest BCUT2D eigenvalue weighted by atomic mass is 16.7. The quantitative estimate of drug-likeness (QED) is 0.755. The minimum Gasteiger partial charge on any atom is -0.497 e. The lowest BCUT2D eigenvalue weighted by molar-refractivity contribution is -0.153. The number of rotatable bonds is 7. The number of nitrogens with one attached hydrogen (secondary N) is 1. The Morgan fingerprint density at radius 1 is 1.04 bits per heavy atom. The first kappa shape index (κ1) is 18.7. The van der Waals surface area contributed by atoms with E-state index in [4.69, 9.17) is 24.0 Å². The first-order chi connectivity index (χ1) is 13.1. The largest absolute Gasteiger partial charge is 0.497 e. The number of benzene rings is 2. The van der Waals surface area contributed by atoms with Crippen LogP contribution < -0.4 is 15.0 Å². The molecule has 142 valence electrons. The molecule has 2 aromatic rings. The molecule has 0 bridgehead atoms. The summed E-state index contributed by atoms with van der Waals surface area (Å²) in [6.07, 6.45) is -0.0557. The van der Waals surface area contributed by atoms with Crippen molar-refractivity contribution in [3.05, 3.63) is 59.7 Å². The van der Waals surface area contributed by atoms with Gasteiger partial charge in [0, 0.05) is 11.1 Å². The van der Waals surface area contributed by atoms with E-state index < -0.39 is 11.7 Å². The van der Waals surface area contributed by atoms with Crippen molar-refractivity contribution >= 4 is 11.8 Å². The minimum atomic E-state index is -1.21. The van der Waals surface area contributed by atoms with Crippen molar-refractivity contribution in [1.29, 1.82) is 0 Å². The first-order valence-electron chi connectivity index (χ1n) is 8.58. The second kappa shape index (κ2) is 8.09. The van der Waals surface area contributed by atoms with Gasteiger partial charge in [-0.2, -0.15) is 0 Å². The number of esters is 1. The molecule has 0 spiro atoms. The molecule has 0 fully saturated rings. The third-order valence-corrected chi connectivity index (χ3v) is 4.20. The number of hydrogen-bond acceptors (Lipinski definition) is 7. The average Bonchev–Trinajstić information content (AvgIpc) is 3.13. The Kier molecular flexibility index (Phi) is 5.61. The summed E-state index contributed by atoms with van der Waals surface area (Å²) in [4.78, 5) is 22.7. The molecule has 7 heteroatoms. The molecule has 1 aliphatic rings. The summed E-state index contributed by atoms with van der Waals surface area (Å²) in [5, 5.41) is 0. The summed E-state index contributed by atoms with van der Waals surface area (Å²) >= 11 is 0. The van der Waals surface area contributed by atoms with E-state index in [1.165, 1.54) is 0 Å². The van der Waals surface area contributed by atoms with Crippen LogP contribution in [-0.4, -0.2) is 32.6 Å². The van der Waals surface area contributed by atoms with Gasteiger partial charge in [-0.05, 0) is 43.3 Å². The summed E-state index contributed by atoms with van der Waals surface area (Å²) in [7, 11) is 3.20. The molecule has 1 aliphatic heterocycles. The summed E-state index contributed by atoms with van der Waals surface area (Å²) in [5.74, 6) is 1.58. The zero-order valence-electron chi connectivity index (χ0n) is 15.5. The Bertz CT molecular complexity index is 817. The first-order valence-corrected chi connectivity index (χ1v) is 8.58. The monoisotopic (exact) mass is 370 g/mol. The van der Waals surface area contributed by atoms with Crippen LogP contribution in [0, 0.1) is 0 Å². The van der Waals surface area contributed by atoms with Gasteiger partial charge in [0.25, 0.3) is 0 Å². The SMILES string of the molecule is CCOC(=O)CC1(c2ccc(OC)cc2)N=C(c2ccc(OC)cc2)NO1. The van der Waals surface area contributed by atoms with E-state index in [2.05, 4.69) is 5.48 Å². The lowest BCUT2D eigenvalue weighted by Crippen LogP contribution is -2.31. The van der Waals surface area contributed by atoms with Crippen LogP contribution in [0.3, 0.4) is 0 Å². The molecule has 0 saturated carbocycles. The normalized spacial score (nSPS) is 18.4. The number of nitrogens with zero attached hydrogens (tertiary/aromatic N) is 1. The molecule has 7 nitrogen and oxygen atoms in total. The fourth-order valence-electron chi connectivity index (χ4n) is 2.79. The second-order valence-corrected chi connectivity index (χ2v) is 5.89. The Morgan fingerprint density at radius 3 is 2.19 bits per heavy atom. The maximum Gasteiger partial charge on any atom is 0.311 e. The molecule has 0 amide bonds. The van der Waals surface area contributed by atoms with Gasteiger partial charge >= 0.3 is 5.97 Å². The van der Waals surface area contributed by atoms with Gasteiger partial charge in [-0.3, -0.25) is 4.79 Å². The van der Waals surface area contributed by atoms with Crippen LogP contribution in [0.25, 0.3) is 0 Å². The lowest BCUT2D eigenvalue weighted by Gasteiger charge is -2.23. The van der Waals surface area contributed by atoms with Crippen molar-refractivity contribution < 1.29 is 23.8 Å². The third-order valence-electron chi connectivity index (χ3n) is 4.20. The molecular formula is C20H22N2O5. The van der Waals surface area contributed by atoms with Crippen LogP contribution >= 0.6 is 0 Å². The van der Waals surface area contributed by atoms with Gasteiger partial charge in [-0.1, -0.05) is 12.1 Å². The van der Waals surface area contributed by atoms with Crippen molar-refractivity contribution in [2.45, 2.75) is 19.1 Å². The van der Waals surface area contributed by atoms with Gasteiger partial charge in [0.1, 0.15) is 17.9 Å². The Morgan fingerprint density at radius 2 is 1.63 bits per heavy atom. The van der Waals surface area contributed by atoms with E-state index in [-0.39, 0.29) is 6.42 Å². The van der Waals surface area contributed by atoms with Crippen LogP contribution in [-0.2, 0) is 20.1 Å². The smallest absolute Gasteiger partial charge is 0.311 e. The third kappa shape index (κ3) is 4.03. The number of hydrogen-bond donors (Lipinski definition) is 1. The van der Waals surface area contributed by atoms with E-state index >= 15 is 0 Å². The van der Waals surface area contributed by atoms with E-state index in [1.807, 2.05) is 36.4 Å². The zero-order chi connectivity index (χ0) is 19.3. The van der Waals surface area contributed by atoms with E-state index in [0.717, 1.165) is 11.3 Å². The Balaban J connectivity index is 1.96. The van der Waals surface area contributed by atoms with Crippen LogP contribution in [0.2, 0.25) is 0 Å². The molecule has 0 saturated heterocycles. The Hall–Kier alpha value is -3.06. The van der Waals surface area contributed by atoms with Gasteiger partial charge in [-0.15, -0.1) is 0 Å². The van der Waals surface area contributed by atoms with Gasteiger partial charge < -0.3 is 14.2 Å². The van der Waals surface area contributed by atoms with Gasteiger partial charge in [0.2, 0.25) is 5.72 Å². The highest BCUT2D eigenvalue weighted by molar-refractivity contribution is 5.99. The van der Waals surface area contributed by atoms with E-state index in [0.29, 0.717) is 23.8 Å². The molecule has 1 unspecified atom stereocenters. The van der Waals surface area contributed by atoms with Crippen molar-refractivity contribution in [2.24, 2.45) is 4.99 Å². The predicted octanol–water partition coefficient (Wildman–Crippen LogP) is 2.79.